The first-order valence-corrected chi connectivity index (χ1v) is 9.77. The highest BCUT2D eigenvalue weighted by Crippen LogP contribution is 2.21. The Balaban J connectivity index is 1.98. The average Bonchev–Trinajstić information content (AvgIpc) is 2.69. The van der Waals surface area contributed by atoms with Gasteiger partial charge in [-0.3, -0.25) is 4.98 Å². The molecule has 6 nitrogen and oxygen atoms in total. The number of benzene rings is 1. The SMILES string of the molecule is CCNC(=NCc1ccc(C)cc1OCCOC)NCCc1ccncc1C. The molecule has 0 unspecified atom stereocenters. The van der Waals surface area contributed by atoms with Crippen LogP contribution in [0.5, 0.6) is 5.75 Å². The van der Waals surface area contributed by atoms with Gasteiger partial charge >= 0.3 is 0 Å². The Morgan fingerprint density at radius 2 is 1.96 bits per heavy atom. The number of aryl methyl sites for hydroxylation is 2. The summed E-state index contributed by atoms with van der Waals surface area (Å²) in [4.78, 5) is 8.87. The van der Waals surface area contributed by atoms with Crippen molar-refractivity contribution in [1.82, 2.24) is 15.6 Å². The summed E-state index contributed by atoms with van der Waals surface area (Å²) in [6, 6.07) is 8.27. The lowest BCUT2D eigenvalue weighted by molar-refractivity contribution is 0.145. The maximum Gasteiger partial charge on any atom is 0.191 e. The van der Waals surface area contributed by atoms with E-state index in [1.54, 1.807) is 7.11 Å². The number of pyridine rings is 1. The molecule has 0 aliphatic heterocycles. The normalized spacial score (nSPS) is 11.4. The first kappa shape index (κ1) is 21.7. The number of aromatic nitrogens is 1. The third kappa shape index (κ3) is 7.19. The number of hydrogen-bond acceptors (Lipinski definition) is 4. The topological polar surface area (TPSA) is 67.8 Å². The van der Waals surface area contributed by atoms with Gasteiger partial charge in [0.05, 0.1) is 13.2 Å². The molecule has 6 heteroatoms. The first-order chi connectivity index (χ1) is 13.6. The summed E-state index contributed by atoms with van der Waals surface area (Å²) in [5, 5.41) is 6.71. The zero-order chi connectivity index (χ0) is 20.2. The minimum atomic E-state index is 0.528. The third-order valence-electron chi connectivity index (χ3n) is 4.34. The van der Waals surface area contributed by atoms with Gasteiger partial charge in [-0.05, 0) is 56.0 Å². The summed E-state index contributed by atoms with van der Waals surface area (Å²) in [5.74, 6) is 1.67. The monoisotopic (exact) mass is 384 g/mol. The quantitative estimate of drug-likeness (QED) is 0.374. The largest absolute Gasteiger partial charge is 0.491 e. The predicted molar refractivity (Wildman–Crippen MR) is 114 cm³/mol. The van der Waals surface area contributed by atoms with Gasteiger partial charge in [0, 0.05) is 38.2 Å². The second kappa shape index (κ2) is 12.0. The van der Waals surface area contributed by atoms with E-state index in [2.05, 4.69) is 54.6 Å². The van der Waals surface area contributed by atoms with Crippen LogP contribution in [-0.4, -0.2) is 44.4 Å². The molecule has 0 aliphatic carbocycles. The Labute approximate surface area is 168 Å². The van der Waals surface area contributed by atoms with E-state index in [4.69, 9.17) is 14.5 Å². The number of rotatable bonds is 10. The minimum absolute atomic E-state index is 0.528. The van der Waals surface area contributed by atoms with Crippen molar-refractivity contribution < 1.29 is 9.47 Å². The lowest BCUT2D eigenvalue weighted by Gasteiger charge is -2.14. The summed E-state index contributed by atoms with van der Waals surface area (Å²) in [5.41, 5.74) is 4.73. The molecule has 0 atom stereocenters. The predicted octanol–water partition coefficient (Wildman–Crippen LogP) is 3.02. The van der Waals surface area contributed by atoms with Crippen LogP contribution in [0.4, 0.5) is 0 Å². The Morgan fingerprint density at radius 3 is 2.71 bits per heavy atom. The van der Waals surface area contributed by atoms with Crippen molar-refractivity contribution in [3.8, 4) is 5.75 Å². The van der Waals surface area contributed by atoms with Gasteiger partial charge in [0.15, 0.2) is 5.96 Å². The molecule has 0 spiro atoms. The molecule has 0 saturated heterocycles. The smallest absolute Gasteiger partial charge is 0.191 e. The summed E-state index contributed by atoms with van der Waals surface area (Å²) >= 11 is 0. The molecule has 1 heterocycles. The van der Waals surface area contributed by atoms with E-state index in [-0.39, 0.29) is 0 Å². The van der Waals surface area contributed by atoms with E-state index in [1.807, 2.05) is 18.5 Å². The molecule has 28 heavy (non-hydrogen) atoms. The zero-order valence-corrected chi connectivity index (χ0v) is 17.4. The minimum Gasteiger partial charge on any atom is -0.491 e. The molecule has 152 valence electrons. The maximum absolute atomic E-state index is 5.86. The molecule has 2 rings (SSSR count). The number of ether oxygens (including phenoxy) is 2. The summed E-state index contributed by atoms with van der Waals surface area (Å²) in [7, 11) is 1.67. The van der Waals surface area contributed by atoms with Gasteiger partial charge in [-0.1, -0.05) is 12.1 Å². The van der Waals surface area contributed by atoms with Crippen molar-refractivity contribution in [2.24, 2.45) is 4.99 Å². The molecule has 1 aromatic carbocycles. The van der Waals surface area contributed by atoms with Crippen LogP contribution in [0.15, 0.2) is 41.7 Å². The number of nitrogens with zero attached hydrogens (tertiary/aromatic N) is 2. The first-order valence-electron chi connectivity index (χ1n) is 9.77. The highest BCUT2D eigenvalue weighted by atomic mass is 16.5. The van der Waals surface area contributed by atoms with Crippen molar-refractivity contribution >= 4 is 5.96 Å². The fourth-order valence-corrected chi connectivity index (χ4v) is 2.77. The van der Waals surface area contributed by atoms with Gasteiger partial charge < -0.3 is 20.1 Å². The number of methoxy groups -OCH3 is 1. The molecular weight excluding hydrogens is 352 g/mol. The standard InChI is InChI=1S/C22H32N4O2/c1-5-24-22(25-11-9-19-8-10-23-15-18(19)3)26-16-20-7-6-17(2)14-21(20)28-13-12-27-4/h6-8,10,14-15H,5,9,11-13,16H2,1-4H3,(H2,24,25,26). The summed E-state index contributed by atoms with van der Waals surface area (Å²) < 4.78 is 10.9. The Hall–Kier alpha value is -2.60. The van der Waals surface area contributed by atoms with Crippen LogP contribution in [0.1, 0.15) is 29.2 Å². The number of aliphatic imine (C=N–C) groups is 1. The molecule has 0 fully saturated rings. The Morgan fingerprint density at radius 1 is 1.11 bits per heavy atom. The van der Waals surface area contributed by atoms with Gasteiger partial charge in [0.1, 0.15) is 12.4 Å². The average molecular weight is 385 g/mol. The van der Waals surface area contributed by atoms with Crippen LogP contribution in [0, 0.1) is 13.8 Å². The molecule has 2 N–H and O–H groups in total. The molecule has 0 saturated carbocycles. The van der Waals surface area contributed by atoms with E-state index in [1.165, 1.54) is 11.1 Å². The van der Waals surface area contributed by atoms with E-state index >= 15 is 0 Å². The van der Waals surface area contributed by atoms with Crippen molar-refractivity contribution in [3.63, 3.8) is 0 Å². The molecule has 0 aliphatic rings. The van der Waals surface area contributed by atoms with Crippen LogP contribution in [0.2, 0.25) is 0 Å². The van der Waals surface area contributed by atoms with E-state index in [0.717, 1.165) is 42.3 Å². The van der Waals surface area contributed by atoms with Gasteiger partial charge in [-0.15, -0.1) is 0 Å². The lowest BCUT2D eigenvalue weighted by atomic mass is 10.1. The van der Waals surface area contributed by atoms with Crippen LogP contribution in [0.25, 0.3) is 0 Å². The maximum atomic E-state index is 5.86. The highest BCUT2D eigenvalue weighted by Gasteiger charge is 2.06. The fraction of sp³-hybridized carbons (Fsp3) is 0.455. The fourth-order valence-electron chi connectivity index (χ4n) is 2.77. The van der Waals surface area contributed by atoms with E-state index in [0.29, 0.717) is 19.8 Å². The lowest BCUT2D eigenvalue weighted by Crippen LogP contribution is -2.38. The number of guanidine groups is 1. The van der Waals surface area contributed by atoms with Crippen molar-refractivity contribution in [3.05, 3.63) is 58.9 Å². The highest BCUT2D eigenvalue weighted by molar-refractivity contribution is 5.79. The molecule has 1 aromatic heterocycles. The third-order valence-corrected chi connectivity index (χ3v) is 4.34. The van der Waals surface area contributed by atoms with Crippen LogP contribution < -0.4 is 15.4 Å². The Kier molecular flexibility index (Phi) is 9.28. The number of hydrogen-bond donors (Lipinski definition) is 2. The van der Waals surface area contributed by atoms with Crippen LogP contribution in [-0.2, 0) is 17.7 Å². The van der Waals surface area contributed by atoms with Crippen molar-refractivity contribution in [2.75, 3.05) is 33.4 Å². The molecular formula is C22H32N4O2. The van der Waals surface area contributed by atoms with Crippen LogP contribution >= 0.6 is 0 Å². The van der Waals surface area contributed by atoms with Gasteiger partial charge in [0.25, 0.3) is 0 Å². The molecule has 2 aromatic rings. The van der Waals surface area contributed by atoms with Crippen LogP contribution in [0.3, 0.4) is 0 Å². The van der Waals surface area contributed by atoms with Crippen molar-refractivity contribution in [1.29, 1.82) is 0 Å². The number of nitrogens with one attached hydrogen (secondary N) is 2. The second-order valence-corrected chi connectivity index (χ2v) is 6.63. The van der Waals surface area contributed by atoms with Gasteiger partial charge in [-0.2, -0.15) is 0 Å². The molecule has 0 radical (unpaired) electrons. The second-order valence-electron chi connectivity index (χ2n) is 6.63. The zero-order valence-electron chi connectivity index (χ0n) is 17.4. The van der Waals surface area contributed by atoms with E-state index in [9.17, 15) is 0 Å². The van der Waals surface area contributed by atoms with E-state index < -0.39 is 0 Å². The van der Waals surface area contributed by atoms with Gasteiger partial charge in [0.2, 0.25) is 0 Å². The van der Waals surface area contributed by atoms with Crippen molar-refractivity contribution in [2.45, 2.75) is 33.7 Å². The Bertz CT molecular complexity index is 762. The summed E-state index contributed by atoms with van der Waals surface area (Å²) in [6.45, 7) is 9.47. The summed E-state index contributed by atoms with van der Waals surface area (Å²) in [6.07, 6.45) is 4.66. The van der Waals surface area contributed by atoms with Gasteiger partial charge in [-0.25, -0.2) is 4.99 Å². The molecule has 0 amide bonds. The molecule has 0 bridgehead atoms.